The molecule has 5 heteroatoms. The van der Waals surface area contributed by atoms with E-state index in [2.05, 4.69) is 10.1 Å². The minimum Gasteiger partial charge on any atom is -0.441 e. The van der Waals surface area contributed by atoms with Crippen LogP contribution in [0.15, 0.2) is 22.6 Å². The molecule has 0 saturated heterocycles. The van der Waals surface area contributed by atoms with Crippen LogP contribution in [-0.4, -0.2) is 14.6 Å². The van der Waals surface area contributed by atoms with Crippen molar-refractivity contribution in [3.8, 4) is 11.4 Å². The van der Waals surface area contributed by atoms with Crippen LogP contribution >= 0.6 is 11.6 Å². The lowest BCUT2D eigenvalue weighted by Gasteiger charge is -2.02. The fourth-order valence-corrected chi connectivity index (χ4v) is 2.36. The van der Waals surface area contributed by atoms with Crippen LogP contribution in [0.25, 0.3) is 17.1 Å². The molecule has 0 N–H and O–H groups in total. The molecule has 0 bridgehead atoms. The number of oxazole rings is 1. The van der Waals surface area contributed by atoms with Gasteiger partial charge in [-0.25, -0.2) is 4.98 Å². The number of rotatable bonds is 1. The van der Waals surface area contributed by atoms with E-state index in [1.54, 1.807) is 4.52 Å². The zero-order valence-corrected chi connectivity index (χ0v) is 11.1. The fourth-order valence-electron chi connectivity index (χ4n) is 2.10. The topological polar surface area (TPSA) is 43.3 Å². The molecule has 0 aliphatic carbocycles. The molecule has 4 nitrogen and oxygen atoms in total. The van der Waals surface area contributed by atoms with Gasteiger partial charge in [-0.05, 0) is 38.5 Å². The van der Waals surface area contributed by atoms with Crippen molar-refractivity contribution in [1.82, 2.24) is 14.6 Å². The molecule has 0 amide bonds. The monoisotopic (exact) mass is 261 g/mol. The molecule has 0 aromatic carbocycles. The van der Waals surface area contributed by atoms with E-state index < -0.39 is 0 Å². The van der Waals surface area contributed by atoms with Crippen LogP contribution in [0.3, 0.4) is 0 Å². The average Bonchev–Trinajstić information content (AvgIpc) is 2.70. The van der Waals surface area contributed by atoms with Gasteiger partial charge in [-0.15, -0.1) is 0 Å². The van der Waals surface area contributed by atoms with Crippen molar-refractivity contribution in [3.05, 3.63) is 40.4 Å². The van der Waals surface area contributed by atoms with Gasteiger partial charge in [0.05, 0.1) is 11.4 Å². The molecule has 18 heavy (non-hydrogen) atoms. The molecule has 0 aliphatic heterocycles. The van der Waals surface area contributed by atoms with E-state index in [-0.39, 0.29) is 0 Å². The largest absolute Gasteiger partial charge is 0.441 e. The minimum atomic E-state index is 0.475. The Morgan fingerprint density at radius 2 is 1.94 bits per heavy atom. The van der Waals surface area contributed by atoms with Crippen LogP contribution in [-0.2, 0) is 0 Å². The zero-order chi connectivity index (χ0) is 12.9. The van der Waals surface area contributed by atoms with E-state index in [1.807, 2.05) is 39.0 Å². The van der Waals surface area contributed by atoms with Crippen molar-refractivity contribution in [1.29, 1.82) is 0 Å². The highest BCUT2D eigenvalue weighted by atomic mass is 35.5. The Bertz CT molecular complexity index is 722. The van der Waals surface area contributed by atoms with Crippen LogP contribution in [0.2, 0.25) is 5.15 Å². The van der Waals surface area contributed by atoms with Crippen LogP contribution in [0.4, 0.5) is 0 Å². The molecule has 3 heterocycles. The third-order valence-electron chi connectivity index (χ3n) is 2.78. The maximum atomic E-state index is 6.00. The lowest BCUT2D eigenvalue weighted by atomic mass is 10.2. The van der Waals surface area contributed by atoms with Gasteiger partial charge in [-0.3, -0.25) is 0 Å². The summed E-state index contributed by atoms with van der Waals surface area (Å²) in [6.45, 7) is 5.81. The quantitative estimate of drug-likeness (QED) is 0.629. The summed E-state index contributed by atoms with van der Waals surface area (Å²) in [6.07, 6.45) is 0. The minimum absolute atomic E-state index is 0.475. The lowest BCUT2D eigenvalue weighted by molar-refractivity contribution is 0.573. The summed E-state index contributed by atoms with van der Waals surface area (Å²) >= 11 is 6.00. The number of pyridine rings is 1. The molecule has 92 valence electrons. The van der Waals surface area contributed by atoms with Crippen molar-refractivity contribution in [2.45, 2.75) is 20.8 Å². The SMILES string of the molecule is Cc1cc(Cl)nc(-c2c(C)oc3cc(C)nn23)c1. The first kappa shape index (κ1) is 11.3. The lowest BCUT2D eigenvalue weighted by Crippen LogP contribution is -1.94. The van der Waals surface area contributed by atoms with Crippen LogP contribution in [0, 0.1) is 20.8 Å². The molecule has 0 radical (unpaired) electrons. The van der Waals surface area contributed by atoms with E-state index in [4.69, 9.17) is 16.0 Å². The van der Waals surface area contributed by atoms with Gasteiger partial charge in [0.25, 0.3) is 0 Å². The van der Waals surface area contributed by atoms with Crippen molar-refractivity contribution < 1.29 is 4.42 Å². The van der Waals surface area contributed by atoms with Gasteiger partial charge in [0.2, 0.25) is 5.71 Å². The highest BCUT2D eigenvalue weighted by Crippen LogP contribution is 2.27. The highest BCUT2D eigenvalue weighted by Gasteiger charge is 2.16. The second-order valence-electron chi connectivity index (χ2n) is 4.40. The number of hydrogen-bond acceptors (Lipinski definition) is 3. The van der Waals surface area contributed by atoms with Crippen LogP contribution < -0.4 is 0 Å². The molecule has 0 unspecified atom stereocenters. The van der Waals surface area contributed by atoms with Crippen molar-refractivity contribution in [2.24, 2.45) is 0 Å². The summed E-state index contributed by atoms with van der Waals surface area (Å²) in [7, 11) is 0. The Labute approximate surface area is 109 Å². The summed E-state index contributed by atoms with van der Waals surface area (Å²) in [5.41, 5.74) is 4.32. The zero-order valence-electron chi connectivity index (χ0n) is 10.4. The van der Waals surface area contributed by atoms with E-state index in [0.29, 0.717) is 5.15 Å². The third-order valence-corrected chi connectivity index (χ3v) is 2.98. The van der Waals surface area contributed by atoms with Gasteiger partial charge >= 0.3 is 0 Å². The molecule has 3 aromatic heterocycles. The van der Waals surface area contributed by atoms with E-state index in [0.717, 1.165) is 34.1 Å². The van der Waals surface area contributed by atoms with E-state index in [9.17, 15) is 0 Å². The Hall–Kier alpha value is -1.81. The van der Waals surface area contributed by atoms with Crippen molar-refractivity contribution >= 4 is 17.3 Å². The Kier molecular flexibility index (Phi) is 2.41. The van der Waals surface area contributed by atoms with E-state index in [1.165, 1.54) is 0 Å². The molecule has 0 spiro atoms. The summed E-state index contributed by atoms with van der Waals surface area (Å²) in [4.78, 5) is 4.34. The second kappa shape index (κ2) is 3.85. The number of aryl methyl sites for hydroxylation is 3. The highest BCUT2D eigenvalue weighted by molar-refractivity contribution is 6.29. The number of aromatic nitrogens is 3. The maximum Gasteiger partial charge on any atom is 0.222 e. The van der Waals surface area contributed by atoms with Gasteiger partial charge < -0.3 is 4.42 Å². The first-order chi connectivity index (χ1) is 8.54. The molecule has 0 fully saturated rings. The molecule has 0 aliphatic rings. The molecule has 0 saturated carbocycles. The number of hydrogen-bond donors (Lipinski definition) is 0. The predicted molar refractivity (Wildman–Crippen MR) is 69.9 cm³/mol. The van der Waals surface area contributed by atoms with Gasteiger partial charge in [-0.2, -0.15) is 9.61 Å². The molecule has 3 rings (SSSR count). The fraction of sp³-hybridized carbons (Fsp3) is 0.231. The van der Waals surface area contributed by atoms with Gasteiger partial charge in [-0.1, -0.05) is 11.6 Å². The number of nitrogens with zero attached hydrogens (tertiary/aromatic N) is 3. The van der Waals surface area contributed by atoms with Crippen molar-refractivity contribution in [3.63, 3.8) is 0 Å². The normalized spacial score (nSPS) is 11.3. The predicted octanol–water partition coefficient (Wildman–Crippen LogP) is 3.57. The Morgan fingerprint density at radius 1 is 1.17 bits per heavy atom. The van der Waals surface area contributed by atoms with Gasteiger partial charge in [0.15, 0.2) is 0 Å². The molecule has 0 atom stereocenters. The molecular formula is C13H12ClN3O. The standard InChI is InChI=1S/C13H12ClN3O/c1-7-4-10(15-11(14)5-7)13-9(3)18-12-6-8(2)16-17(12)13/h4-6H,1-3H3. The molecule has 3 aromatic rings. The first-order valence-corrected chi connectivity index (χ1v) is 6.03. The van der Waals surface area contributed by atoms with Crippen molar-refractivity contribution in [2.75, 3.05) is 0 Å². The molecular weight excluding hydrogens is 250 g/mol. The van der Waals surface area contributed by atoms with Crippen LogP contribution in [0.5, 0.6) is 0 Å². The Balaban J connectivity index is 2.32. The number of fused-ring (bicyclic) bond motifs is 1. The smallest absolute Gasteiger partial charge is 0.222 e. The average molecular weight is 262 g/mol. The first-order valence-electron chi connectivity index (χ1n) is 5.65. The van der Waals surface area contributed by atoms with Crippen LogP contribution in [0.1, 0.15) is 17.0 Å². The van der Waals surface area contributed by atoms with E-state index >= 15 is 0 Å². The van der Waals surface area contributed by atoms with Gasteiger partial charge in [0, 0.05) is 6.07 Å². The summed E-state index contributed by atoms with van der Waals surface area (Å²) in [5, 5.41) is 4.88. The summed E-state index contributed by atoms with van der Waals surface area (Å²) in [6, 6.07) is 5.69. The summed E-state index contributed by atoms with van der Waals surface area (Å²) in [5.74, 6) is 0.784. The second-order valence-corrected chi connectivity index (χ2v) is 4.78. The van der Waals surface area contributed by atoms with Gasteiger partial charge in [0.1, 0.15) is 16.6 Å². The maximum absolute atomic E-state index is 6.00. The summed E-state index contributed by atoms with van der Waals surface area (Å²) < 4.78 is 7.44. The Morgan fingerprint density at radius 3 is 2.67 bits per heavy atom. The number of halogens is 1. The third kappa shape index (κ3) is 1.69.